The Bertz CT molecular complexity index is 689. The normalized spacial score (nSPS) is 19.0. The molecular weight excluding hydrogens is 311 g/mol. The minimum Gasteiger partial charge on any atom is -0.463 e. The van der Waals surface area contributed by atoms with Crippen molar-refractivity contribution >= 4 is 16.9 Å². The average molecular weight is 327 g/mol. The number of carbonyl (C=O) groups is 1. The zero-order valence-corrected chi connectivity index (χ0v) is 12.3. The monoisotopic (exact) mass is 327 g/mol. The molecule has 1 aromatic carbocycles. The van der Waals surface area contributed by atoms with Crippen molar-refractivity contribution in [1.29, 1.82) is 0 Å². The first-order valence-corrected chi connectivity index (χ1v) is 7.37. The summed E-state index contributed by atoms with van der Waals surface area (Å²) in [6, 6.07) is 6.21. The van der Waals surface area contributed by atoms with E-state index in [1.807, 2.05) is 0 Å². The Hall–Kier alpha value is -2.02. The lowest BCUT2D eigenvalue weighted by Crippen LogP contribution is -2.49. The summed E-state index contributed by atoms with van der Waals surface area (Å²) in [4.78, 5) is 13.6. The van der Waals surface area contributed by atoms with Crippen molar-refractivity contribution in [2.45, 2.75) is 25.1 Å². The number of hydrogen-bond donors (Lipinski definition) is 0. The van der Waals surface area contributed by atoms with E-state index in [1.54, 1.807) is 24.3 Å². The molecule has 1 aromatic heterocycles. The maximum absolute atomic E-state index is 12.9. The van der Waals surface area contributed by atoms with Gasteiger partial charge in [0.1, 0.15) is 18.4 Å². The highest BCUT2D eigenvalue weighted by Gasteiger charge is 2.38. The zero-order chi connectivity index (χ0) is 16.4. The smallest absolute Gasteiger partial charge is 0.406 e. The van der Waals surface area contributed by atoms with Gasteiger partial charge in [-0.3, -0.25) is 4.79 Å². The Morgan fingerprint density at radius 1 is 1.30 bits per heavy atom. The van der Waals surface area contributed by atoms with Gasteiger partial charge in [-0.05, 0) is 18.9 Å². The third-order valence-corrected chi connectivity index (χ3v) is 3.90. The van der Waals surface area contributed by atoms with E-state index < -0.39 is 24.7 Å². The van der Waals surface area contributed by atoms with E-state index in [1.165, 1.54) is 6.26 Å². The number of amides is 1. The summed E-state index contributed by atoms with van der Waals surface area (Å²) in [5.74, 6) is -0.678. The molecule has 124 valence electrons. The molecular formula is C16H16F3NO3. The predicted octanol–water partition coefficient (Wildman–Crippen LogP) is 3.62. The van der Waals surface area contributed by atoms with E-state index in [2.05, 4.69) is 0 Å². The van der Waals surface area contributed by atoms with Crippen LogP contribution in [0.3, 0.4) is 0 Å². The number of benzene rings is 1. The van der Waals surface area contributed by atoms with Crippen LogP contribution in [0.2, 0.25) is 0 Å². The SMILES string of the molecule is O=C(c1coc2ccccc12)N(CC(F)(F)F)C1CCCOC1. The molecule has 1 saturated heterocycles. The van der Waals surface area contributed by atoms with Gasteiger partial charge in [0.15, 0.2) is 0 Å². The fraction of sp³-hybridized carbons (Fsp3) is 0.438. The third kappa shape index (κ3) is 3.50. The van der Waals surface area contributed by atoms with E-state index in [4.69, 9.17) is 9.15 Å². The molecule has 1 aliphatic heterocycles. The van der Waals surface area contributed by atoms with Crippen LogP contribution < -0.4 is 0 Å². The van der Waals surface area contributed by atoms with Crippen molar-refractivity contribution in [3.8, 4) is 0 Å². The van der Waals surface area contributed by atoms with Crippen molar-refractivity contribution in [2.75, 3.05) is 19.8 Å². The Morgan fingerprint density at radius 3 is 2.78 bits per heavy atom. The number of alkyl halides is 3. The van der Waals surface area contributed by atoms with Gasteiger partial charge in [-0.25, -0.2) is 0 Å². The van der Waals surface area contributed by atoms with Gasteiger partial charge in [0.05, 0.1) is 18.2 Å². The van der Waals surface area contributed by atoms with Crippen LogP contribution in [0.15, 0.2) is 34.9 Å². The van der Waals surface area contributed by atoms with Gasteiger partial charge in [-0.2, -0.15) is 13.2 Å². The fourth-order valence-corrected chi connectivity index (χ4v) is 2.83. The molecule has 0 saturated carbocycles. The first-order chi connectivity index (χ1) is 11.0. The first-order valence-electron chi connectivity index (χ1n) is 7.37. The Morgan fingerprint density at radius 2 is 2.09 bits per heavy atom. The summed E-state index contributed by atoms with van der Waals surface area (Å²) < 4.78 is 49.3. The van der Waals surface area contributed by atoms with E-state index in [-0.39, 0.29) is 12.2 Å². The summed E-state index contributed by atoms with van der Waals surface area (Å²) in [7, 11) is 0. The topological polar surface area (TPSA) is 42.7 Å². The highest BCUT2D eigenvalue weighted by atomic mass is 19.4. The molecule has 1 unspecified atom stereocenters. The number of fused-ring (bicyclic) bond motifs is 1. The molecule has 1 fully saturated rings. The lowest BCUT2D eigenvalue weighted by molar-refractivity contribution is -0.148. The van der Waals surface area contributed by atoms with Crippen molar-refractivity contribution < 1.29 is 27.1 Å². The summed E-state index contributed by atoms with van der Waals surface area (Å²) in [5.41, 5.74) is 0.623. The van der Waals surface area contributed by atoms with Crippen LogP contribution in [0.1, 0.15) is 23.2 Å². The number of furan rings is 1. The summed E-state index contributed by atoms with van der Waals surface area (Å²) in [6.07, 6.45) is -2.11. The minimum absolute atomic E-state index is 0.123. The highest BCUT2D eigenvalue weighted by molar-refractivity contribution is 6.06. The number of halogens is 3. The maximum Gasteiger partial charge on any atom is 0.406 e. The Kier molecular flexibility index (Phi) is 4.30. The van der Waals surface area contributed by atoms with E-state index in [9.17, 15) is 18.0 Å². The quantitative estimate of drug-likeness (QED) is 0.865. The molecule has 0 N–H and O–H groups in total. The first kappa shape index (κ1) is 15.9. The third-order valence-electron chi connectivity index (χ3n) is 3.90. The molecule has 7 heteroatoms. The van der Waals surface area contributed by atoms with Crippen molar-refractivity contribution in [3.05, 3.63) is 36.1 Å². The van der Waals surface area contributed by atoms with Crippen LogP contribution in [0.4, 0.5) is 13.2 Å². The Labute approximate surface area is 130 Å². The predicted molar refractivity (Wildman–Crippen MR) is 77.1 cm³/mol. The van der Waals surface area contributed by atoms with Gasteiger partial charge in [-0.1, -0.05) is 18.2 Å². The number of ether oxygens (including phenoxy) is 1. The number of para-hydroxylation sites is 1. The number of rotatable bonds is 3. The molecule has 1 atom stereocenters. The van der Waals surface area contributed by atoms with Crippen molar-refractivity contribution in [2.24, 2.45) is 0 Å². The molecule has 23 heavy (non-hydrogen) atoms. The molecule has 1 aliphatic rings. The maximum atomic E-state index is 12.9. The summed E-state index contributed by atoms with van der Waals surface area (Å²) in [5, 5.41) is 0.515. The van der Waals surface area contributed by atoms with Crippen LogP contribution >= 0.6 is 0 Å². The van der Waals surface area contributed by atoms with E-state index >= 15 is 0 Å². The molecule has 1 amide bonds. The molecule has 0 aliphatic carbocycles. The lowest BCUT2D eigenvalue weighted by atomic mass is 10.1. The van der Waals surface area contributed by atoms with Gasteiger partial charge in [-0.15, -0.1) is 0 Å². The van der Waals surface area contributed by atoms with Gasteiger partial charge in [0.25, 0.3) is 5.91 Å². The Balaban J connectivity index is 1.93. The second-order valence-electron chi connectivity index (χ2n) is 5.56. The molecule has 4 nitrogen and oxygen atoms in total. The summed E-state index contributed by atoms with van der Waals surface area (Å²) in [6.45, 7) is -0.657. The van der Waals surface area contributed by atoms with E-state index in [0.29, 0.717) is 30.4 Å². The number of carbonyl (C=O) groups excluding carboxylic acids is 1. The second-order valence-corrected chi connectivity index (χ2v) is 5.56. The molecule has 2 aromatic rings. The second kappa shape index (κ2) is 6.23. The molecule has 0 radical (unpaired) electrons. The van der Waals surface area contributed by atoms with Crippen LogP contribution in [0.25, 0.3) is 11.0 Å². The van der Waals surface area contributed by atoms with Crippen molar-refractivity contribution in [1.82, 2.24) is 4.90 Å². The molecule has 0 spiro atoms. The molecule has 3 rings (SSSR count). The zero-order valence-electron chi connectivity index (χ0n) is 12.3. The van der Waals surface area contributed by atoms with Gasteiger partial charge in [0.2, 0.25) is 0 Å². The standard InChI is InChI=1S/C16H16F3NO3/c17-16(18,19)10-20(11-4-3-7-22-8-11)15(21)13-9-23-14-6-2-1-5-12(13)14/h1-2,5-6,9,11H,3-4,7-8,10H2. The van der Waals surface area contributed by atoms with Gasteiger partial charge >= 0.3 is 6.18 Å². The van der Waals surface area contributed by atoms with Gasteiger partial charge < -0.3 is 14.1 Å². The van der Waals surface area contributed by atoms with Crippen LogP contribution in [0.5, 0.6) is 0 Å². The average Bonchev–Trinajstić information content (AvgIpc) is 2.96. The van der Waals surface area contributed by atoms with Crippen LogP contribution in [0, 0.1) is 0 Å². The largest absolute Gasteiger partial charge is 0.463 e. The number of nitrogens with zero attached hydrogens (tertiary/aromatic N) is 1. The van der Waals surface area contributed by atoms with Gasteiger partial charge in [0, 0.05) is 12.0 Å². The van der Waals surface area contributed by atoms with Crippen LogP contribution in [-0.2, 0) is 4.74 Å². The summed E-state index contributed by atoms with van der Waals surface area (Å²) >= 11 is 0. The highest BCUT2D eigenvalue weighted by Crippen LogP contribution is 2.27. The minimum atomic E-state index is -4.47. The fourth-order valence-electron chi connectivity index (χ4n) is 2.83. The number of hydrogen-bond acceptors (Lipinski definition) is 3. The molecule has 0 bridgehead atoms. The van der Waals surface area contributed by atoms with Crippen LogP contribution in [-0.4, -0.2) is 42.8 Å². The molecule has 2 heterocycles. The van der Waals surface area contributed by atoms with E-state index in [0.717, 1.165) is 4.90 Å². The van der Waals surface area contributed by atoms with Crippen molar-refractivity contribution in [3.63, 3.8) is 0 Å². The lowest BCUT2D eigenvalue weighted by Gasteiger charge is -2.34.